The molecule has 0 spiro atoms. The van der Waals surface area contributed by atoms with Gasteiger partial charge in [-0.3, -0.25) is 4.79 Å². The Labute approximate surface area is 152 Å². The normalized spacial score (nSPS) is 24.9. The van der Waals surface area contributed by atoms with Crippen LogP contribution < -0.4 is 5.32 Å². The molecule has 1 amide bonds. The zero-order valence-electron chi connectivity index (χ0n) is 14.4. The standard InChI is InChI=1S/C19H25ClF2N2O/c20-15-11-16(21)14(10-17(15)22)19(25)23-18-7-3-2-6-13(18)12-24-8-4-1-5-9-24/h10-11,13,18H,1-9,12H2,(H,23,25)/t13-,18+/m0/s1. The topological polar surface area (TPSA) is 32.3 Å². The molecular weight excluding hydrogens is 346 g/mol. The van der Waals surface area contributed by atoms with E-state index in [4.69, 9.17) is 11.6 Å². The van der Waals surface area contributed by atoms with Crippen molar-refractivity contribution >= 4 is 17.5 Å². The predicted octanol–water partition coefficient (Wildman–Crippen LogP) is 4.39. The van der Waals surface area contributed by atoms with Gasteiger partial charge in [-0.25, -0.2) is 8.78 Å². The van der Waals surface area contributed by atoms with Crippen LogP contribution >= 0.6 is 11.6 Å². The fourth-order valence-corrected chi connectivity index (χ4v) is 4.18. The lowest BCUT2D eigenvalue weighted by atomic mass is 9.83. The fourth-order valence-electron chi connectivity index (χ4n) is 4.03. The SMILES string of the molecule is O=C(N[C@@H]1CCCC[C@H]1CN1CCCCC1)c1cc(F)c(Cl)cc1F. The molecule has 0 unspecified atom stereocenters. The molecule has 0 radical (unpaired) electrons. The minimum absolute atomic E-state index is 0.0151. The van der Waals surface area contributed by atoms with Crippen molar-refractivity contribution in [3.63, 3.8) is 0 Å². The van der Waals surface area contributed by atoms with Crippen LogP contribution in [0.15, 0.2) is 12.1 Å². The number of nitrogens with one attached hydrogen (secondary N) is 1. The van der Waals surface area contributed by atoms with Gasteiger partial charge in [0.05, 0.1) is 10.6 Å². The third-order valence-electron chi connectivity index (χ3n) is 5.42. The second-order valence-corrected chi connectivity index (χ2v) is 7.64. The Balaban J connectivity index is 1.66. The van der Waals surface area contributed by atoms with E-state index in [1.165, 1.54) is 19.3 Å². The number of hydrogen-bond donors (Lipinski definition) is 1. The number of halogens is 3. The molecule has 3 nitrogen and oxygen atoms in total. The smallest absolute Gasteiger partial charge is 0.254 e. The van der Waals surface area contributed by atoms with E-state index in [-0.39, 0.29) is 16.6 Å². The summed E-state index contributed by atoms with van der Waals surface area (Å²) in [6.07, 6.45) is 7.94. The second kappa shape index (κ2) is 8.45. The van der Waals surface area contributed by atoms with Gasteiger partial charge in [-0.15, -0.1) is 0 Å². The van der Waals surface area contributed by atoms with Crippen molar-refractivity contribution in [2.24, 2.45) is 5.92 Å². The van der Waals surface area contributed by atoms with Crippen LogP contribution in [0.4, 0.5) is 8.78 Å². The Morgan fingerprint density at radius 3 is 2.56 bits per heavy atom. The Bertz CT molecular complexity index is 620. The van der Waals surface area contributed by atoms with Gasteiger partial charge in [0.2, 0.25) is 0 Å². The van der Waals surface area contributed by atoms with E-state index in [9.17, 15) is 13.6 Å². The molecule has 2 fully saturated rings. The molecule has 1 heterocycles. The predicted molar refractivity (Wildman–Crippen MR) is 94.9 cm³/mol. The molecule has 25 heavy (non-hydrogen) atoms. The molecule has 1 saturated carbocycles. The zero-order valence-corrected chi connectivity index (χ0v) is 15.1. The fraction of sp³-hybridized carbons (Fsp3) is 0.632. The Kier molecular flexibility index (Phi) is 6.29. The molecule has 2 aliphatic rings. The van der Waals surface area contributed by atoms with Crippen LogP contribution in [0, 0.1) is 17.6 Å². The first kappa shape index (κ1) is 18.6. The molecule has 1 aromatic carbocycles. The van der Waals surface area contributed by atoms with Crippen LogP contribution in [-0.4, -0.2) is 36.5 Å². The Morgan fingerprint density at radius 1 is 1.08 bits per heavy atom. The van der Waals surface area contributed by atoms with Gasteiger partial charge in [0.1, 0.15) is 11.6 Å². The van der Waals surface area contributed by atoms with Crippen LogP contribution in [0.2, 0.25) is 5.02 Å². The minimum Gasteiger partial charge on any atom is -0.349 e. The number of amides is 1. The summed E-state index contributed by atoms with van der Waals surface area (Å²) in [5.41, 5.74) is -0.274. The first-order chi connectivity index (χ1) is 12.0. The molecular formula is C19H25ClF2N2O. The van der Waals surface area contributed by atoms with Crippen molar-refractivity contribution in [3.8, 4) is 0 Å². The summed E-state index contributed by atoms with van der Waals surface area (Å²) >= 11 is 5.56. The van der Waals surface area contributed by atoms with E-state index in [2.05, 4.69) is 10.2 Å². The quantitative estimate of drug-likeness (QED) is 0.797. The number of rotatable bonds is 4. The maximum atomic E-state index is 14.0. The molecule has 1 N–H and O–H groups in total. The third kappa shape index (κ3) is 4.70. The lowest BCUT2D eigenvalue weighted by Crippen LogP contribution is -2.47. The van der Waals surface area contributed by atoms with Crippen molar-refractivity contribution in [2.45, 2.75) is 51.0 Å². The zero-order chi connectivity index (χ0) is 17.8. The van der Waals surface area contributed by atoms with Crippen molar-refractivity contribution < 1.29 is 13.6 Å². The molecule has 0 aromatic heterocycles. The van der Waals surface area contributed by atoms with Gasteiger partial charge >= 0.3 is 0 Å². The monoisotopic (exact) mass is 370 g/mol. The Hall–Kier alpha value is -1.20. The number of carbonyl (C=O) groups is 1. The van der Waals surface area contributed by atoms with Crippen LogP contribution in [0.25, 0.3) is 0 Å². The van der Waals surface area contributed by atoms with E-state index < -0.39 is 17.5 Å². The number of hydrogen-bond acceptors (Lipinski definition) is 2. The van der Waals surface area contributed by atoms with Gasteiger partial charge in [-0.05, 0) is 56.8 Å². The highest BCUT2D eigenvalue weighted by atomic mass is 35.5. The van der Waals surface area contributed by atoms with Gasteiger partial charge in [-0.1, -0.05) is 30.9 Å². The second-order valence-electron chi connectivity index (χ2n) is 7.23. The number of carbonyl (C=O) groups excluding carboxylic acids is 1. The van der Waals surface area contributed by atoms with Gasteiger partial charge < -0.3 is 10.2 Å². The van der Waals surface area contributed by atoms with Gasteiger partial charge in [0.15, 0.2) is 0 Å². The summed E-state index contributed by atoms with van der Waals surface area (Å²) in [6.45, 7) is 3.21. The average molecular weight is 371 g/mol. The summed E-state index contributed by atoms with van der Waals surface area (Å²) in [4.78, 5) is 14.9. The molecule has 3 rings (SSSR count). The van der Waals surface area contributed by atoms with E-state index in [1.54, 1.807) is 0 Å². The summed E-state index contributed by atoms with van der Waals surface area (Å²) < 4.78 is 27.6. The van der Waals surface area contributed by atoms with E-state index in [0.717, 1.165) is 57.5 Å². The molecule has 1 saturated heterocycles. The highest BCUT2D eigenvalue weighted by Crippen LogP contribution is 2.27. The van der Waals surface area contributed by atoms with Crippen molar-refractivity contribution in [2.75, 3.05) is 19.6 Å². The van der Waals surface area contributed by atoms with Gasteiger partial charge in [0, 0.05) is 12.6 Å². The molecule has 0 bridgehead atoms. The van der Waals surface area contributed by atoms with Crippen LogP contribution in [0.5, 0.6) is 0 Å². The highest BCUT2D eigenvalue weighted by molar-refractivity contribution is 6.30. The molecule has 1 aliphatic heterocycles. The van der Waals surface area contributed by atoms with E-state index >= 15 is 0 Å². The van der Waals surface area contributed by atoms with Crippen molar-refractivity contribution in [1.29, 1.82) is 0 Å². The first-order valence-electron chi connectivity index (χ1n) is 9.22. The molecule has 6 heteroatoms. The number of likely N-dealkylation sites (tertiary alicyclic amines) is 1. The molecule has 1 aliphatic carbocycles. The van der Waals surface area contributed by atoms with Crippen molar-refractivity contribution in [1.82, 2.24) is 10.2 Å². The van der Waals surface area contributed by atoms with E-state index in [0.29, 0.717) is 5.92 Å². The molecule has 2 atom stereocenters. The van der Waals surface area contributed by atoms with Crippen LogP contribution in [0.3, 0.4) is 0 Å². The first-order valence-corrected chi connectivity index (χ1v) is 9.60. The number of benzene rings is 1. The van der Waals surface area contributed by atoms with Gasteiger partial charge in [0.25, 0.3) is 5.91 Å². The lowest BCUT2D eigenvalue weighted by Gasteiger charge is -2.37. The maximum absolute atomic E-state index is 14.0. The average Bonchev–Trinajstić information content (AvgIpc) is 2.60. The summed E-state index contributed by atoms with van der Waals surface area (Å²) in [5, 5.41) is 2.64. The largest absolute Gasteiger partial charge is 0.349 e. The summed E-state index contributed by atoms with van der Waals surface area (Å²) in [5.74, 6) is -1.74. The van der Waals surface area contributed by atoms with Crippen LogP contribution in [0.1, 0.15) is 55.3 Å². The number of piperidine rings is 1. The number of nitrogens with zero attached hydrogens (tertiary/aromatic N) is 1. The summed E-state index contributed by atoms with van der Waals surface area (Å²) in [7, 11) is 0. The van der Waals surface area contributed by atoms with E-state index in [1.807, 2.05) is 0 Å². The lowest BCUT2D eigenvalue weighted by molar-refractivity contribution is 0.0873. The highest BCUT2D eigenvalue weighted by Gasteiger charge is 2.29. The summed E-state index contributed by atoms with van der Waals surface area (Å²) in [6, 6.07) is 1.76. The third-order valence-corrected chi connectivity index (χ3v) is 5.71. The minimum atomic E-state index is -0.785. The van der Waals surface area contributed by atoms with Gasteiger partial charge in [-0.2, -0.15) is 0 Å². The Morgan fingerprint density at radius 2 is 1.80 bits per heavy atom. The molecule has 1 aromatic rings. The molecule has 138 valence electrons. The maximum Gasteiger partial charge on any atom is 0.254 e. The van der Waals surface area contributed by atoms with Crippen LogP contribution in [-0.2, 0) is 0 Å². The van der Waals surface area contributed by atoms with Crippen molar-refractivity contribution in [3.05, 3.63) is 34.4 Å².